The van der Waals surface area contributed by atoms with Gasteiger partial charge in [0, 0.05) is 26.0 Å². The van der Waals surface area contributed by atoms with Crippen LogP contribution in [0.15, 0.2) is 29.4 Å². The third kappa shape index (κ3) is 8.76. The minimum absolute atomic E-state index is 0. The summed E-state index contributed by atoms with van der Waals surface area (Å²) in [4.78, 5) is 8.16. The Kier molecular flexibility index (Phi) is 8.65. The third-order valence-corrected chi connectivity index (χ3v) is 3.10. The molecule has 0 aliphatic carbocycles. The molecule has 0 aliphatic rings. The summed E-state index contributed by atoms with van der Waals surface area (Å²) in [6.45, 7) is 0.875. The zero-order valence-electron chi connectivity index (χ0n) is 11.0. The highest BCUT2D eigenvalue weighted by molar-refractivity contribution is 14.0. The lowest BCUT2D eigenvalue weighted by atomic mass is 10.3. The molecule has 1 heterocycles. The van der Waals surface area contributed by atoms with E-state index < -0.39 is 9.84 Å². The summed E-state index contributed by atoms with van der Waals surface area (Å²) >= 11 is 0. The van der Waals surface area contributed by atoms with E-state index in [1.807, 2.05) is 18.2 Å². The van der Waals surface area contributed by atoms with E-state index in [1.54, 1.807) is 13.2 Å². The number of sulfone groups is 1. The van der Waals surface area contributed by atoms with Crippen molar-refractivity contribution in [2.75, 3.05) is 25.6 Å². The average molecular weight is 398 g/mol. The number of guanidine groups is 1. The van der Waals surface area contributed by atoms with Crippen molar-refractivity contribution >= 4 is 39.8 Å². The topological polar surface area (TPSA) is 83.5 Å². The number of nitrogens with zero attached hydrogens (tertiary/aromatic N) is 2. The lowest BCUT2D eigenvalue weighted by Gasteiger charge is -2.10. The van der Waals surface area contributed by atoms with Gasteiger partial charge in [-0.3, -0.25) is 9.98 Å². The van der Waals surface area contributed by atoms with E-state index >= 15 is 0 Å². The molecule has 1 aromatic heterocycles. The molecule has 0 unspecified atom stereocenters. The van der Waals surface area contributed by atoms with Crippen molar-refractivity contribution in [1.82, 2.24) is 15.6 Å². The molecule has 0 aromatic carbocycles. The number of halogens is 1. The van der Waals surface area contributed by atoms with E-state index in [0.717, 1.165) is 5.69 Å². The summed E-state index contributed by atoms with van der Waals surface area (Å²) in [5, 5.41) is 5.98. The standard InChI is InChI=1S/C11H18N4O2S.HI/c1-12-11(14-7-8-18(2,16)17)15-9-10-5-3-4-6-13-10;/h3-6H,7-9H2,1-2H3,(H2,12,14,15);1H. The number of nitrogens with one attached hydrogen (secondary N) is 2. The number of rotatable bonds is 5. The van der Waals surface area contributed by atoms with Gasteiger partial charge in [-0.2, -0.15) is 0 Å². The van der Waals surface area contributed by atoms with Gasteiger partial charge in [-0.05, 0) is 12.1 Å². The zero-order valence-corrected chi connectivity index (χ0v) is 14.1. The Labute approximate surface area is 131 Å². The number of hydrogen-bond donors (Lipinski definition) is 2. The summed E-state index contributed by atoms with van der Waals surface area (Å²) < 4.78 is 21.9. The van der Waals surface area contributed by atoms with Crippen molar-refractivity contribution in [1.29, 1.82) is 0 Å². The van der Waals surface area contributed by atoms with E-state index in [0.29, 0.717) is 19.0 Å². The fourth-order valence-electron chi connectivity index (χ4n) is 1.25. The van der Waals surface area contributed by atoms with Crippen molar-refractivity contribution in [2.45, 2.75) is 6.54 Å². The van der Waals surface area contributed by atoms with Crippen molar-refractivity contribution in [3.8, 4) is 0 Å². The first kappa shape index (κ1) is 18.1. The number of aliphatic imine (C=N–C) groups is 1. The van der Waals surface area contributed by atoms with Crippen LogP contribution in [0.2, 0.25) is 0 Å². The molecule has 0 amide bonds. The van der Waals surface area contributed by atoms with Crippen LogP contribution in [0.1, 0.15) is 5.69 Å². The molecule has 0 atom stereocenters. The highest BCUT2D eigenvalue weighted by Gasteiger charge is 2.03. The zero-order chi connectivity index (χ0) is 13.4. The van der Waals surface area contributed by atoms with E-state index in [2.05, 4.69) is 20.6 Å². The normalized spacial score (nSPS) is 11.6. The summed E-state index contributed by atoms with van der Waals surface area (Å²) in [6.07, 6.45) is 2.93. The maximum absolute atomic E-state index is 11.0. The lowest BCUT2D eigenvalue weighted by molar-refractivity contribution is 0.600. The van der Waals surface area contributed by atoms with Gasteiger partial charge in [0.15, 0.2) is 5.96 Å². The molecule has 1 aromatic rings. The van der Waals surface area contributed by atoms with Gasteiger partial charge in [-0.1, -0.05) is 6.07 Å². The van der Waals surface area contributed by atoms with E-state index in [9.17, 15) is 8.42 Å². The first-order valence-electron chi connectivity index (χ1n) is 5.53. The number of aromatic nitrogens is 1. The van der Waals surface area contributed by atoms with Crippen molar-refractivity contribution in [2.24, 2.45) is 4.99 Å². The Bertz CT molecular complexity index is 491. The molecular formula is C11H19IN4O2S. The second-order valence-electron chi connectivity index (χ2n) is 3.80. The summed E-state index contributed by atoms with van der Waals surface area (Å²) in [7, 11) is -1.32. The van der Waals surface area contributed by atoms with Gasteiger partial charge in [0.25, 0.3) is 0 Å². The Hall–Kier alpha value is -0.900. The molecule has 8 heteroatoms. The largest absolute Gasteiger partial charge is 0.355 e. The fourth-order valence-corrected chi connectivity index (χ4v) is 1.73. The summed E-state index contributed by atoms with van der Waals surface area (Å²) in [5.41, 5.74) is 0.892. The summed E-state index contributed by atoms with van der Waals surface area (Å²) in [6, 6.07) is 5.66. The molecule has 0 aliphatic heterocycles. The predicted molar refractivity (Wildman–Crippen MR) is 87.6 cm³/mol. The van der Waals surface area contributed by atoms with Gasteiger partial charge >= 0.3 is 0 Å². The average Bonchev–Trinajstić information content (AvgIpc) is 2.33. The Morgan fingerprint density at radius 1 is 1.37 bits per heavy atom. The van der Waals surface area contributed by atoms with Crippen LogP contribution in [-0.2, 0) is 16.4 Å². The molecule has 108 valence electrons. The monoisotopic (exact) mass is 398 g/mol. The van der Waals surface area contributed by atoms with Crippen LogP contribution < -0.4 is 10.6 Å². The second-order valence-corrected chi connectivity index (χ2v) is 6.06. The Balaban J connectivity index is 0.00000324. The van der Waals surface area contributed by atoms with Crippen LogP contribution in [0, 0.1) is 0 Å². The van der Waals surface area contributed by atoms with Gasteiger partial charge in [-0.15, -0.1) is 24.0 Å². The Morgan fingerprint density at radius 3 is 2.63 bits per heavy atom. The second kappa shape index (κ2) is 9.08. The molecule has 0 fully saturated rings. The predicted octanol–water partition coefficient (Wildman–Crippen LogP) is 0.409. The van der Waals surface area contributed by atoms with E-state index in [4.69, 9.17) is 0 Å². The van der Waals surface area contributed by atoms with Gasteiger partial charge in [0.1, 0.15) is 9.84 Å². The van der Waals surface area contributed by atoms with Crippen LogP contribution >= 0.6 is 24.0 Å². The molecule has 0 spiro atoms. The minimum Gasteiger partial charge on any atom is -0.355 e. The molecular weight excluding hydrogens is 379 g/mol. The van der Waals surface area contributed by atoms with Gasteiger partial charge in [-0.25, -0.2) is 8.42 Å². The number of pyridine rings is 1. The Morgan fingerprint density at radius 2 is 2.11 bits per heavy atom. The number of hydrogen-bond acceptors (Lipinski definition) is 4. The maximum atomic E-state index is 11.0. The first-order chi connectivity index (χ1) is 8.51. The van der Waals surface area contributed by atoms with Crippen LogP contribution in [0.5, 0.6) is 0 Å². The van der Waals surface area contributed by atoms with Crippen molar-refractivity contribution < 1.29 is 8.42 Å². The van der Waals surface area contributed by atoms with E-state index in [1.165, 1.54) is 6.26 Å². The lowest BCUT2D eigenvalue weighted by Crippen LogP contribution is -2.39. The van der Waals surface area contributed by atoms with Crippen molar-refractivity contribution in [3.63, 3.8) is 0 Å². The third-order valence-electron chi connectivity index (χ3n) is 2.15. The minimum atomic E-state index is -2.95. The molecule has 0 radical (unpaired) electrons. The highest BCUT2D eigenvalue weighted by atomic mass is 127. The molecule has 0 saturated heterocycles. The molecule has 0 saturated carbocycles. The van der Waals surface area contributed by atoms with Crippen LogP contribution in [0.25, 0.3) is 0 Å². The van der Waals surface area contributed by atoms with Crippen molar-refractivity contribution in [3.05, 3.63) is 30.1 Å². The van der Waals surface area contributed by atoms with Crippen LogP contribution in [0.4, 0.5) is 0 Å². The van der Waals surface area contributed by atoms with Gasteiger partial charge in [0.2, 0.25) is 0 Å². The summed E-state index contributed by atoms with van der Waals surface area (Å²) in [5.74, 6) is 0.640. The SMILES string of the molecule is CN=C(NCCS(C)(=O)=O)NCc1ccccn1.I. The quantitative estimate of drug-likeness (QED) is 0.427. The van der Waals surface area contributed by atoms with Gasteiger partial charge < -0.3 is 10.6 Å². The van der Waals surface area contributed by atoms with E-state index in [-0.39, 0.29) is 29.7 Å². The van der Waals surface area contributed by atoms with Crippen LogP contribution in [0.3, 0.4) is 0 Å². The first-order valence-corrected chi connectivity index (χ1v) is 7.59. The smallest absolute Gasteiger partial charge is 0.191 e. The molecule has 6 nitrogen and oxygen atoms in total. The highest BCUT2D eigenvalue weighted by Crippen LogP contribution is 1.91. The maximum Gasteiger partial charge on any atom is 0.191 e. The molecule has 0 bridgehead atoms. The molecule has 1 rings (SSSR count). The fraction of sp³-hybridized carbons (Fsp3) is 0.455. The van der Waals surface area contributed by atoms with Gasteiger partial charge in [0.05, 0.1) is 18.0 Å². The molecule has 19 heavy (non-hydrogen) atoms. The molecule has 2 N–H and O–H groups in total. The van der Waals surface area contributed by atoms with Crippen LogP contribution in [-0.4, -0.2) is 45.0 Å².